The molecule has 8 heteroatoms. The van der Waals surface area contributed by atoms with E-state index in [1.807, 2.05) is 6.07 Å². The Hall–Kier alpha value is -2.58. The fourth-order valence-electron chi connectivity index (χ4n) is 3.83. The highest BCUT2D eigenvalue weighted by atomic mass is 19.1. The molecule has 1 spiro atoms. The Labute approximate surface area is 161 Å². The smallest absolute Gasteiger partial charge is 0.274 e. The number of halogens is 1. The first-order chi connectivity index (χ1) is 13.5. The number of H-pyrrole nitrogens is 1. The maximum atomic E-state index is 13.1. The van der Waals surface area contributed by atoms with Crippen molar-refractivity contribution in [3.63, 3.8) is 0 Å². The molecule has 0 aliphatic carbocycles. The van der Waals surface area contributed by atoms with Gasteiger partial charge in [-0.2, -0.15) is 5.10 Å². The summed E-state index contributed by atoms with van der Waals surface area (Å²) in [6.07, 6.45) is 1.76. The highest BCUT2D eigenvalue weighted by Gasteiger charge is 2.51. The number of carbonyl (C=O) groups is 1. The van der Waals surface area contributed by atoms with Crippen molar-refractivity contribution in [1.82, 2.24) is 15.1 Å². The lowest BCUT2D eigenvalue weighted by Crippen LogP contribution is -2.63. The molecule has 2 aliphatic rings. The Kier molecular flexibility index (Phi) is 5.23. The third kappa shape index (κ3) is 4.13. The zero-order valence-corrected chi connectivity index (χ0v) is 15.4. The first-order valence-electron chi connectivity index (χ1n) is 9.34. The van der Waals surface area contributed by atoms with Gasteiger partial charge < -0.3 is 14.4 Å². The van der Waals surface area contributed by atoms with Crippen molar-refractivity contribution < 1.29 is 18.7 Å². The predicted molar refractivity (Wildman–Crippen MR) is 98.2 cm³/mol. The zero-order chi connectivity index (χ0) is 19.6. The number of ether oxygens (including phenoxy) is 2. The summed E-state index contributed by atoms with van der Waals surface area (Å²) < 4.78 is 24.8. The standard InChI is InChI=1S/C20H22FN3O4/c21-16-3-1-2-14(8-16)10-27-7-6-15-9-20(28-11-15)12-24(13-20)19(26)17-4-5-18(25)23-22-17/h1-5,8,15H,6-7,9-13H2,(H,23,25). The molecule has 1 aromatic carbocycles. The summed E-state index contributed by atoms with van der Waals surface area (Å²) in [6, 6.07) is 9.13. The summed E-state index contributed by atoms with van der Waals surface area (Å²) in [5.41, 5.74) is 0.446. The third-order valence-corrected chi connectivity index (χ3v) is 5.26. The number of hydrogen-bond acceptors (Lipinski definition) is 5. The predicted octanol–water partition coefficient (Wildman–Crippen LogP) is 1.75. The van der Waals surface area contributed by atoms with Gasteiger partial charge in [0.15, 0.2) is 0 Å². The minimum Gasteiger partial charge on any atom is -0.377 e. The van der Waals surface area contributed by atoms with Crippen molar-refractivity contribution in [1.29, 1.82) is 0 Å². The fraction of sp³-hybridized carbons (Fsp3) is 0.450. The maximum Gasteiger partial charge on any atom is 0.274 e. The molecule has 3 heterocycles. The minimum absolute atomic E-state index is 0.202. The number of nitrogens with one attached hydrogen (secondary N) is 1. The fourth-order valence-corrected chi connectivity index (χ4v) is 3.83. The molecule has 2 aliphatic heterocycles. The minimum atomic E-state index is -0.335. The zero-order valence-electron chi connectivity index (χ0n) is 15.4. The van der Waals surface area contributed by atoms with Crippen LogP contribution >= 0.6 is 0 Å². The van der Waals surface area contributed by atoms with Crippen LogP contribution in [0.15, 0.2) is 41.2 Å². The average Bonchev–Trinajstić information content (AvgIpc) is 3.09. The van der Waals surface area contributed by atoms with Crippen LogP contribution in [0.4, 0.5) is 4.39 Å². The molecule has 28 heavy (non-hydrogen) atoms. The first kappa shape index (κ1) is 18.8. The van der Waals surface area contributed by atoms with E-state index in [1.165, 1.54) is 24.3 Å². The number of aromatic nitrogens is 2. The van der Waals surface area contributed by atoms with Crippen LogP contribution in [-0.2, 0) is 16.1 Å². The van der Waals surface area contributed by atoms with E-state index in [4.69, 9.17) is 9.47 Å². The number of benzene rings is 1. The molecule has 2 aromatic rings. The Morgan fingerprint density at radius 2 is 2.21 bits per heavy atom. The van der Waals surface area contributed by atoms with Crippen molar-refractivity contribution in [3.8, 4) is 0 Å². The van der Waals surface area contributed by atoms with E-state index in [0.29, 0.717) is 38.8 Å². The molecule has 2 fully saturated rings. The Bertz CT molecular complexity index is 890. The molecule has 0 bridgehead atoms. The van der Waals surface area contributed by atoms with E-state index in [0.717, 1.165) is 18.4 Å². The summed E-state index contributed by atoms with van der Waals surface area (Å²) in [4.78, 5) is 25.1. The van der Waals surface area contributed by atoms with Crippen molar-refractivity contribution in [2.24, 2.45) is 5.92 Å². The molecule has 1 N–H and O–H groups in total. The molecule has 1 amide bonds. The van der Waals surface area contributed by atoms with Crippen LogP contribution in [0.2, 0.25) is 0 Å². The first-order valence-corrected chi connectivity index (χ1v) is 9.34. The van der Waals surface area contributed by atoms with Gasteiger partial charge in [-0.15, -0.1) is 0 Å². The van der Waals surface area contributed by atoms with Crippen LogP contribution in [0.25, 0.3) is 0 Å². The molecule has 2 saturated heterocycles. The molecule has 1 unspecified atom stereocenters. The number of aromatic amines is 1. The monoisotopic (exact) mass is 387 g/mol. The highest BCUT2D eigenvalue weighted by Crippen LogP contribution is 2.39. The summed E-state index contributed by atoms with van der Waals surface area (Å²) in [6.45, 7) is 2.71. The van der Waals surface area contributed by atoms with Gasteiger partial charge in [-0.25, -0.2) is 9.49 Å². The quantitative estimate of drug-likeness (QED) is 0.764. The van der Waals surface area contributed by atoms with E-state index < -0.39 is 0 Å². The highest BCUT2D eigenvalue weighted by molar-refractivity contribution is 5.92. The van der Waals surface area contributed by atoms with Gasteiger partial charge >= 0.3 is 0 Å². The number of rotatable bonds is 6. The average molecular weight is 387 g/mol. The van der Waals surface area contributed by atoms with Gasteiger partial charge in [0.1, 0.15) is 17.1 Å². The lowest BCUT2D eigenvalue weighted by molar-refractivity contribution is -0.0952. The summed E-state index contributed by atoms with van der Waals surface area (Å²) in [7, 11) is 0. The number of nitrogens with zero attached hydrogens (tertiary/aromatic N) is 2. The molecular weight excluding hydrogens is 365 g/mol. The van der Waals surface area contributed by atoms with Crippen LogP contribution in [0, 0.1) is 11.7 Å². The molecule has 4 rings (SSSR count). The van der Waals surface area contributed by atoms with Gasteiger partial charge in [0.25, 0.3) is 11.5 Å². The maximum absolute atomic E-state index is 13.1. The van der Waals surface area contributed by atoms with Gasteiger partial charge in [0.05, 0.1) is 26.3 Å². The lowest BCUT2D eigenvalue weighted by atomic mass is 9.86. The van der Waals surface area contributed by atoms with E-state index in [1.54, 1.807) is 11.0 Å². The number of likely N-dealkylation sites (tertiary alicyclic amines) is 1. The van der Waals surface area contributed by atoms with Gasteiger partial charge in [-0.3, -0.25) is 9.59 Å². The Morgan fingerprint density at radius 1 is 1.36 bits per heavy atom. The molecule has 7 nitrogen and oxygen atoms in total. The second-order valence-corrected chi connectivity index (χ2v) is 7.50. The second kappa shape index (κ2) is 7.81. The molecule has 1 aromatic heterocycles. The summed E-state index contributed by atoms with van der Waals surface area (Å²) >= 11 is 0. The van der Waals surface area contributed by atoms with E-state index in [9.17, 15) is 14.0 Å². The van der Waals surface area contributed by atoms with E-state index in [-0.39, 0.29) is 28.6 Å². The number of amides is 1. The van der Waals surface area contributed by atoms with Gasteiger partial charge in [0, 0.05) is 12.7 Å². The molecule has 148 valence electrons. The summed E-state index contributed by atoms with van der Waals surface area (Å²) in [5.74, 6) is -0.0725. The Morgan fingerprint density at radius 3 is 2.96 bits per heavy atom. The third-order valence-electron chi connectivity index (χ3n) is 5.26. The van der Waals surface area contributed by atoms with E-state index in [2.05, 4.69) is 10.2 Å². The van der Waals surface area contributed by atoms with Gasteiger partial charge in [0.2, 0.25) is 0 Å². The van der Waals surface area contributed by atoms with Crippen LogP contribution in [0.5, 0.6) is 0 Å². The number of hydrogen-bond donors (Lipinski definition) is 1. The van der Waals surface area contributed by atoms with Crippen molar-refractivity contribution in [3.05, 3.63) is 63.8 Å². The van der Waals surface area contributed by atoms with Gasteiger partial charge in [-0.1, -0.05) is 12.1 Å². The van der Waals surface area contributed by atoms with Crippen LogP contribution in [0.1, 0.15) is 28.9 Å². The normalized spacial score (nSPS) is 20.3. The number of carbonyl (C=O) groups excluding carboxylic acids is 1. The van der Waals surface area contributed by atoms with E-state index >= 15 is 0 Å². The van der Waals surface area contributed by atoms with Gasteiger partial charge in [-0.05, 0) is 42.5 Å². The molecule has 0 saturated carbocycles. The lowest BCUT2D eigenvalue weighted by Gasteiger charge is -2.47. The second-order valence-electron chi connectivity index (χ2n) is 7.50. The summed E-state index contributed by atoms with van der Waals surface area (Å²) in [5, 5.41) is 6.06. The van der Waals surface area contributed by atoms with Crippen molar-refractivity contribution in [2.75, 3.05) is 26.3 Å². The topological polar surface area (TPSA) is 84.5 Å². The largest absolute Gasteiger partial charge is 0.377 e. The SMILES string of the molecule is O=C(c1ccc(=O)[nH]n1)N1CC2(CC(CCOCc3cccc(F)c3)CO2)C1. The Balaban J connectivity index is 1.19. The van der Waals surface area contributed by atoms with Crippen molar-refractivity contribution >= 4 is 5.91 Å². The molecular formula is C20H22FN3O4. The van der Waals surface area contributed by atoms with Crippen molar-refractivity contribution in [2.45, 2.75) is 25.0 Å². The molecule has 1 atom stereocenters. The molecule has 0 radical (unpaired) electrons. The van der Waals surface area contributed by atoms with Crippen LogP contribution < -0.4 is 5.56 Å². The van der Waals surface area contributed by atoms with Crippen LogP contribution in [-0.4, -0.2) is 52.9 Å². The van der Waals surface area contributed by atoms with Crippen LogP contribution in [0.3, 0.4) is 0 Å².